The minimum absolute atomic E-state index is 0.0242. The fourth-order valence-corrected chi connectivity index (χ4v) is 6.16. The smallest absolute Gasteiger partial charge is 0.387 e. The minimum atomic E-state index is -2.89. The van der Waals surface area contributed by atoms with Crippen LogP contribution in [0.5, 0.6) is 5.75 Å². The van der Waals surface area contributed by atoms with E-state index < -0.39 is 12.7 Å². The average molecular weight is 420 g/mol. The van der Waals surface area contributed by atoms with E-state index in [0.29, 0.717) is 23.4 Å². The summed E-state index contributed by atoms with van der Waals surface area (Å²) in [5, 5.41) is 5.84. The number of hydrogen-bond donors (Lipinski definition) is 2. The van der Waals surface area contributed by atoms with Crippen molar-refractivity contribution in [1.82, 2.24) is 5.32 Å². The number of anilines is 1. The van der Waals surface area contributed by atoms with Crippen LogP contribution in [0.3, 0.4) is 0 Å². The first-order valence-corrected chi connectivity index (χ1v) is 10.9. The molecule has 1 aromatic carbocycles. The minimum Gasteiger partial charge on any atom is -0.435 e. The van der Waals surface area contributed by atoms with Gasteiger partial charge < -0.3 is 15.4 Å². The molecule has 1 atom stereocenters. The van der Waals surface area contributed by atoms with Crippen molar-refractivity contribution in [3.05, 3.63) is 24.3 Å². The van der Waals surface area contributed by atoms with Crippen molar-refractivity contribution in [2.45, 2.75) is 65.0 Å². The highest BCUT2D eigenvalue weighted by atomic mass is 19.3. The molecule has 0 aromatic heterocycles. The summed E-state index contributed by atoms with van der Waals surface area (Å²) in [7, 11) is 0. The zero-order chi connectivity index (χ0) is 21.5. The van der Waals surface area contributed by atoms with E-state index in [1.165, 1.54) is 43.5 Å². The van der Waals surface area contributed by atoms with Crippen LogP contribution in [0, 0.1) is 29.1 Å². The lowest BCUT2D eigenvalue weighted by Crippen LogP contribution is -2.57. The SMILES string of the molecule is CC(C)[C@@H](NC(=O)C12CC3CC(CC(C3)C1)C2)C(=O)Nc1ccc(OC(F)F)cc1. The van der Waals surface area contributed by atoms with Crippen LogP contribution in [-0.2, 0) is 9.59 Å². The molecule has 4 saturated carbocycles. The van der Waals surface area contributed by atoms with Crippen molar-refractivity contribution in [3.63, 3.8) is 0 Å². The molecule has 5 nitrogen and oxygen atoms in total. The van der Waals surface area contributed by atoms with Gasteiger partial charge in [-0.05, 0) is 86.5 Å². The number of ether oxygens (including phenoxy) is 1. The summed E-state index contributed by atoms with van der Waals surface area (Å²) in [5.41, 5.74) is 0.160. The highest BCUT2D eigenvalue weighted by Crippen LogP contribution is 2.60. The second-order valence-electron chi connectivity index (χ2n) is 9.79. The van der Waals surface area contributed by atoms with Crippen LogP contribution >= 0.6 is 0 Å². The van der Waals surface area contributed by atoms with E-state index in [2.05, 4.69) is 15.4 Å². The first-order chi connectivity index (χ1) is 14.2. The number of hydrogen-bond acceptors (Lipinski definition) is 3. The predicted molar refractivity (Wildman–Crippen MR) is 109 cm³/mol. The zero-order valence-electron chi connectivity index (χ0n) is 17.5. The number of alkyl halides is 2. The molecule has 0 heterocycles. The molecule has 2 amide bonds. The van der Waals surface area contributed by atoms with Gasteiger partial charge in [0.1, 0.15) is 11.8 Å². The van der Waals surface area contributed by atoms with Crippen LogP contribution in [0.15, 0.2) is 24.3 Å². The summed E-state index contributed by atoms with van der Waals surface area (Å²) in [5.74, 6) is 1.64. The molecular weight excluding hydrogens is 390 g/mol. The van der Waals surface area contributed by atoms with Gasteiger partial charge in [0, 0.05) is 11.1 Å². The third-order valence-corrected chi connectivity index (χ3v) is 7.10. The maximum Gasteiger partial charge on any atom is 0.387 e. The van der Waals surface area contributed by atoms with E-state index in [0.717, 1.165) is 19.3 Å². The largest absolute Gasteiger partial charge is 0.435 e. The topological polar surface area (TPSA) is 67.4 Å². The molecule has 4 aliphatic carbocycles. The van der Waals surface area contributed by atoms with Crippen LogP contribution in [-0.4, -0.2) is 24.5 Å². The second-order valence-corrected chi connectivity index (χ2v) is 9.79. The average Bonchev–Trinajstić information content (AvgIpc) is 2.65. The van der Waals surface area contributed by atoms with Gasteiger partial charge in [-0.1, -0.05) is 13.8 Å². The van der Waals surface area contributed by atoms with E-state index in [9.17, 15) is 18.4 Å². The van der Waals surface area contributed by atoms with E-state index in [4.69, 9.17) is 0 Å². The second kappa shape index (κ2) is 8.16. The summed E-state index contributed by atoms with van der Waals surface area (Å²) in [6.45, 7) is 0.920. The lowest BCUT2D eigenvalue weighted by Gasteiger charge is -2.55. The molecule has 164 valence electrons. The molecule has 4 aliphatic rings. The molecule has 7 heteroatoms. The van der Waals surface area contributed by atoms with Gasteiger partial charge in [0.25, 0.3) is 0 Å². The molecule has 0 unspecified atom stereocenters. The first kappa shape index (κ1) is 21.1. The maximum absolute atomic E-state index is 13.3. The Morgan fingerprint density at radius 2 is 1.53 bits per heavy atom. The van der Waals surface area contributed by atoms with Gasteiger partial charge in [0.05, 0.1) is 0 Å². The molecule has 2 N–H and O–H groups in total. The van der Waals surface area contributed by atoms with Gasteiger partial charge in [0.15, 0.2) is 0 Å². The van der Waals surface area contributed by atoms with Gasteiger partial charge in [-0.25, -0.2) is 0 Å². The number of halogens is 2. The molecule has 4 fully saturated rings. The van der Waals surface area contributed by atoms with Gasteiger partial charge in [-0.15, -0.1) is 0 Å². The Bertz CT molecular complexity index is 759. The molecule has 0 saturated heterocycles. The molecule has 0 aliphatic heterocycles. The van der Waals surface area contributed by atoms with Crippen molar-refractivity contribution < 1.29 is 23.1 Å². The maximum atomic E-state index is 13.3. The fraction of sp³-hybridized carbons (Fsp3) is 0.652. The number of rotatable bonds is 7. The number of amides is 2. The standard InChI is InChI=1S/C23H30F2N2O3/c1-13(2)19(20(28)26-17-3-5-18(6-4-17)30-22(24)25)27-21(29)23-10-14-7-15(11-23)9-16(8-14)12-23/h3-6,13-16,19,22H,7-12H2,1-2H3,(H,26,28)(H,27,29)/t14?,15?,16?,19-,23?/m1/s1. The third-order valence-electron chi connectivity index (χ3n) is 7.10. The van der Waals surface area contributed by atoms with Gasteiger partial charge in [-0.3, -0.25) is 9.59 Å². The molecule has 0 spiro atoms. The van der Waals surface area contributed by atoms with E-state index in [1.54, 1.807) is 0 Å². The lowest BCUT2D eigenvalue weighted by atomic mass is 9.49. The van der Waals surface area contributed by atoms with Gasteiger partial charge >= 0.3 is 6.61 Å². The monoisotopic (exact) mass is 420 g/mol. The molecule has 4 bridgehead atoms. The van der Waals surface area contributed by atoms with E-state index in [-0.39, 0.29) is 28.9 Å². The van der Waals surface area contributed by atoms with Crippen LogP contribution < -0.4 is 15.4 Å². The highest BCUT2D eigenvalue weighted by molar-refractivity contribution is 5.98. The Hall–Kier alpha value is -2.18. The van der Waals surface area contributed by atoms with Crippen molar-refractivity contribution in [3.8, 4) is 5.75 Å². The van der Waals surface area contributed by atoms with Gasteiger partial charge in [-0.2, -0.15) is 8.78 Å². The normalized spacial score (nSPS) is 30.4. The van der Waals surface area contributed by atoms with E-state index >= 15 is 0 Å². The zero-order valence-corrected chi connectivity index (χ0v) is 17.5. The van der Waals surface area contributed by atoms with Crippen LogP contribution in [0.2, 0.25) is 0 Å². The Labute approximate surface area is 175 Å². The number of nitrogens with one attached hydrogen (secondary N) is 2. The number of carbonyl (C=O) groups excluding carboxylic acids is 2. The fourth-order valence-electron chi connectivity index (χ4n) is 6.16. The van der Waals surface area contributed by atoms with Crippen molar-refractivity contribution in [2.75, 3.05) is 5.32 Å². The van der Waals surface area contributed by atoms with Crippen LogP contribution in [0.25, 0.3) is 0 Å². The van der Waals surface area contributed by atoms with Crippen molar-refractivity contribution in [2.24, 2.45) is 29.1 Å². The Morgan fingerprint density at radius 3 is 2.00 bits per heavy atom. The Kier molecular flexibility index (Phi) is 5.73. The molecule has 1 aromatic rings. The van der Waals surface area contributed by atoms with E-state index in [1.807, 2.05) is 13.8 Å². The highest BCUT2D eigenvalue weighted by Gasteiger charge is 2.55. The van der Waals surface area contributed by atoms with Crippen LogP contribution in [0.4, 0.5) is 14.5 Å². The molecule has 0 radical (unpaired) electrons. The summed E-state index contributed by atoms with van der Waals surface area (Å²) >= 11 is 0. The predicted octanol–water partition coefficient (Wildman–Crippen LogP) is 4.58. The van der Waals surface area contributed by atoms with Gasteiger partial charge in [0.2, 0.25) is 11.8 Å². The third kappa shape index (κ3) is 4.30. The first-order valence-electron chi connectivity index (χ1n) is 10.9. The Morgan fingerprint density at radius 1 is 1.00 bits per heavy atom. The van der Waals surface area contributed by atoms with Crippen molar-refractivity contribution >= 4 is 17.5 Å². The number of carbonyl (C=O) groups is 2. The lowest BCUT2D eigenvalue weighted by molar-refractivity contribution is -0.148. The van der Waals surface area contributed by atoms with Crippen LogP contribution in [0.1, 0.15) is 52.4 Å². The molecular formula is C23H30F2N2O3. The molecule has 30 heavy (non-hydrogen) atoms. The summed E-state index contributed by atoms with van der Waals surface area (Å²) in [6.07, 6.45) is 6.61. The summed E-state index contributed by atoms with van der Waals surface area (Å²) in [4.78, 5) is 26.2. The summed E-state index contributed by atoms with van der Waals surface area (Å²) in [6, 6.07) is 5.12. The Balaban J connectivity index is 1.41. The summed E-state index contributed by atoms with van der Waals surface area (Å²) < 4.78 is 28.9. The quantitative estimate of drug-likeness (QED) is 0.678. The molecule has 5 rings (SSSR count). The number of benzene rings is 1. The van der Waals surface area contributed by atoms with Crippen molar-refractivity contribution in [1.29, 1.82) is 0 Å².